The maximum atomic E-state index is 12.2. The number of aliphatic hydroxyl groups is 1. The van der Waals surface area contributed by atoms with Crippen LogP contribution in [0.2, 0.25) is 0 Å². The largest absolute Gasteiger partial charge is 1.00 e. The Morgan fingerprint density at radius 3 is 1.92 bits per heavy atom. The minimum absolute atomic E-state index is 0. The molecule has 1 atom stereocenters. The lowest BCUT2D eigenvalue weighted by molar-refractivity contribution is -0.907. The number of rotatable bonds is 11. The van der Waals surface area contributed by atoms with Crippen LogP contribution in [0.15, 0.2) is 0 Å². The number of likely N-dealkylation sites (N-methyl/N-ethyl adjacent to an activating group) is 2. The van der Waals surface area contributed by atoms with Crippen molar-refractivity contribution in [3.05, 3.63) is 0 Å². The van der Waals surface area contributed by atoms with Crippen molar-refractivity contribution in [3.8, 4) is 0 Å². The number of carbonyl (C=O) groups is 1. The number of quaternary nitrogens is 2. The van der Waals surface area contributed by atoms with E-state index >= 15 is 0 Å². The summed E-state index contributed by atoms with van der Waals surface area (Å²) in [5, 5.41) is 13.3. The molecule has 0 bridgehead atoms. The molecule has 0 aliphatic carbocycles. The van der Waals surface area contributed by atoms with Gasteiger partial charge in [-0.15, -0.1) is 0 Å². The molecule has 0 radical (unpaired) electrons. The summed E-state index contributed by atoms with van der Waals surface area (Å²) >= 11 is 0. The molecule has 5 nitrogen and oxygen atoms in total. The van der Waals surface area contributed by atoms with Crippen LogP contribution in [0.25, 0.3) is 0 Å². The predicted molar refractivity (Wildman–Crippen MR) is 97.1 cm³/mol. The molecule has 0 aromatic rings. The second kappa shape index (κ2) is 12.3. The Labute approximate surface area is 168 Å². The Morgan fingerprint density at radius 2 is 1.52 bits per heavy atom. The van der Waals surface area contributed by atoms with Crippen LogP contribution in [0.4, 0.5) is 0 Å². The first kappa shape index (κ1) is 29.7. The summed E-state index contributed by atoms with van der Waals surface area (Å²) in [5.74, 6) is 0.165. The van der Waals surface area contributed by atoms with Gasteiger partial charge in [-0.25, -0.2) is 0 Å². The van der Waals surface area contributed by atoms with Crippen molar-refractivity contribution < 1.29 is 43.7 Å². The van der Waals surface area contributed by atoms with Gasteiger partial charge in [-0.1, -0.05) is 20.8 Å². The van der Waals surface area contributed by atoms with Gasteiger partial charge in [0, 0.05) is 18.4 Å². The molecule has 7 heteroatoms. The second-order valence-corrected chi connectivity index (χ2v) is 8.85. The average Bonchev–Trinajstić information content (AvgIpc) is 2.39. The fourth-order valence-corrected chi connectivity index (χ4v) is 2.85. The summed E-state index contributed by atoms with van der Waals surface area (Å²) in [7, 11) is 10.6. The summed E-state index contributed by atoms with van der Waals surface area (Å²) in [4.78, 5) is 12.2. The van der Waals surface area contributed by atoms with Crippen LogP contribution in [-0.2, 0) is 4.79 Å². The minimum Gasteiger partial charge on any atom is -1.00 e. The van der Waals surface area contributed by atoms with Gasteiger partial charge in [0.2, 0.25) is 5.91 Å². The maximum absolute atomic E-state index is 12.2. The fourth-order valence-electron chi connectivity index (χ4n) is 2.85. The van der Waals surface area contributed by atoms with Gasteiger partial charge in [0.25, 0.3) is 0 Å². The van der Waals surface area contributed by atoms with Crippen LogP contribution in [0.3, 0.4) is 0 Å². The topological polar surface area (TPSA) is 49.3 Å². The highest BCUT2D eigenvalue weighted by molar-refractivity contribution is 5.82. The molecule has 0 fully saturated rings. The van der Waals surface area contributed by atoms with Gasteiger partial charge in [0.1, 0.15) is 13.1 Å². The standard InChI is InChI=1S/C18H40N3O2.2ClH/c1-9-18(3,10-2)17(23)19-12-11-13-21(7,8)15-16(22)14-20(4,5)6;;/h16,22H,9-15H2,1-8H3;2*1H/q+1;;/p-1. The molecular formula is C18H41Cl2N3O2. The minimum atomic E-state index is -0.303. The lowest BCUT2D eigenvalue weighted by atomic mass is 9.84. The highest BCUT2D eigenvalue weighted by atomic mass is 35.5. The molecule has 0 heterocycles. The Morgan fingerprint density at radius 1 is 1.04 bits per heavy atom. The zero-order valence-corrected chi connectivity index (χ0v) is 19.0. The van der Waals surface area contributed by atoms with E-state index in [1.165, 1.54) is 0 Å². The van der Waals surface area contributed by atoms with Crippen LogP contribution in [0.1, 0.15) is 40.0 Å². The second-order valence-electron chi connectivity index (χ2n) is 8.85. The first-order valence-corrected chi connectivity index (χ1v) is 8.94. The van der Waals surface area contributed by atoms with E-state index in [1.807, 2.05) is 6.92 Å². The monoisotopic (exact) mass is 401 g/mol. The molecule has 2 N–H and O–H groups in total. The highest BCUT2D eigenvalue weighted by Crippen LogP contribution is 2.25. The molecule has 1 unspecified atom stereocenters. The molecule has 154 valence electrons. The molecule has 0 aromatic carbocycles. The number of nitrogens with zero attached hydrogens (tertiary/aromatic N) is 2. The molecule has 0 rings (SSSR count). The number of nitrogens with one attached hydrogen (secondary N) is 1. The summed E-state index contributed by atoms with van der Waals surface area (Å²) in [6, 6.07) is 0. The van der Waals surface area contributed by atoms with Crippen molar-refractivity contribution >= 4 is 5.91 Å². The molecule has 0 aliphatic heterocycles. The van der Waals surface area contributed by atoms with Crippen LogP contribution >= 0.6 is 0 Å². The molecular weight excluding hydrogens is 361 g/mol. The van der Waals surface area contributed by atoms with E-state index in [1.54, 1.807) is 0 Å². The third-order valence-corrected chi connectivity index (χ3v) is 4.80. The third kappa shape index (κ3) is 12.8. The number of amides is 1. The normalized spacial score (nSPS) is 13.5. The third-order valence-electron chi connectivity index (χ3n) is 4.80. The van der Waals surface area contributed by atoms with Crippen LogP contribution < -0.4 is 30.1 Å². The van der Waals surface area contributed by atoms with Crippen molar-refractivity contribution in [1.29, 1.82) is 0 Å². The Balaban J connectivity index is -0.00000242. The quantitative estimate of drug-likeness (QED) is 0.270. The molecule has 25 heavy (non-hydrogen) atoms. The van der Waals surface area contributed by atoms with E-state index in [9.17, 15) is 9.90 Å². The van der Waals surface area contributed by atoms with Gasteiger partial charge in [-0.05, 0) is 12.8 Å². The van der Waals surface area contributed by atoms with Gasteiger partial charge >= 0.3 is 0 Å². The van der Waals surface area contributed by atoms with Crippen molar-refractivity contribution in [2.45, 2.75) is 46.1 Å². The van der Waals surface area contributed by atoms with Crippen molar-refractivity contribution in [3.63, 3.8) is 0 Å². The highest BCUT2D eigenvalue weighted by Gasteiger charge is 2.29. The molecule has 0 aliphatic rings. The molecule has 0 saturated carbocycles. The zero-order valence-electron chi connectivity index (χ0n) is 17.5. The number of carbonyl (C=O) groups excluding carboxylic acids is 1. The van der Waals surface area contributed by atoms with E-state index < -0.39 is 0 Å². The number of halogens is 2. The van der Waals surface area contributed by atoms with Crippen LogP contribution in [-0.4, -0.2) is 87.5 Å². The Kier molecular flexibility index (Phi) is 14.7. The van der Waals surface area contributed by atoms with Crippen molar-refractivity contribution in [1.82, 2.24) is 5.32 Å². The average molecular weight is 402 g/mol. The SMILES string of the molecule is CCC(C)(CC)C(=O)NCCC[N+](C)(C)CC(O)C[N+](C)(C)C.[Cl-].[Cl-]. The predicted octanol–water partition coefficient (Wildman–Crippen LogP) is -4.53. The molecule has 1 amide bonds. The van der Waals surface area contributed by atoms with Crippen LogP contribution in [0.5, 0.6) is 0 Å². The fraction of sp³-hybridized carbons (Fsp3) is 0.944. The first-order chi connectivity index (χ1) is 10.4. The van der Waals surface area contributed by atoms with E-state index in [4.69, 9.17) is 0 Å². The van der Waals surface area contributed by atoms with Gasteiger partial charge in [0.15, 0.2) is 6.10 Å². The summed E-state index contributed by atoms with van der Waals surface area (Å²) in [5.41, 5.74) is -0.245. The maximum Gasteiger partial charge on any atom is 0.225 e. The van der Waals surface area contributed by atoms with E-state index in [0.29, 0.717) is 6.54 Å². The van der Waals surface area contributed by atoms with Gasteiger partial charge in [-0.2, -0.15) is 0 Å². The number of aliphatic hydroxyl groups excluding tert-OH is 1. The number of hydrogen-bond acceptors (Lipinski definition) is 2. The Bertz CT molecular complexity index is 368. The smallest absolute Gasteiger partial charge is 0.225 e. The van der Waals surface area contributed by atoms with E-state index in [2.05, 4.69) is 54.4 Å². The summed E-state index contributed by atoms with van der Waals surface area (Å²) < 4.78 is 1.54. The summed E-state index contributed by atoms with van der Waals surface area (Å²) in [6.07, 6.45) is 2.37. The molecule has 0 saturated heterocycles. The molecule has 0 spiro atoms. The van der Waals surface area contributed by atoms with Crippen molar-refractivity contribution in [2.75, 3.05) is 61.4 Å². The van der Waals surface area contributed by atoms with Gasteiger partial charge in [0.05, 0.1) is 41.8 Å². The first-order valence-electron chi connectivity index (χ1n) is 8.94. The van der Waals surface area contributed by atoms with Gasteiger partial charge < -0.3 is 44.2 Å². The lowest BCUT2D eigenvalue weighted by Crippen LogP contribution is -3.00. The van der Waals surface area contributed by atoms with Crippen LogP contribution in [0, 0.1) is 5.41 Å². The Hall–Kier alpha value is -0.0700. The lowest BCUT2D eigenvalue weighted by Gasteiger charge is -2.34. The van der Waals surface area contributed by atoms with E-state index in [0.717, 1.165) is 47.9 Å². The van der Waals surface area contributed by atoms with Crippen molar-refractivity contribution in [2.24, 2.45) is 5.41 Å². The van der Waals surface area contributed by atoms with Gasteiger partial charge in [-0.3, -0.25) is 4.79 Å². The van der Waals surface area contributed by atoms with E-state index in [-0.39, 0.29) is 42.2 Å². The number of hydrogen-bond donors (Lipinski definition) is 2. The summed E-state index contributed by atoms with van der Waals surface area (Å²) in [6.45, 7) is 9.32. The molecule has 0 aromatic heterocycles. The zero-order chi connectivity index (χ0) is 18.3.